The maximum absolute atomic E-state index is 9.38. The molecular weight excluding hydrogens is 316 g/mol. The first-order chi connectivity index (χ1) is 11.3. The first-order valence-corrected chi connectivity index (χ1v) is 9.51. The van der Waals surface area contributed by atoms with Crippen molar-refractivity contribution in [1.29, 1.82) is 0 Å². The topological polar surface area (TPSA) is 45.2 Å². The molecule has 1 heterocycles. The summed E-state index contributed by atoms with van der Waals surface area (Å²) in [5.41, 5.74) is 2.50. The van der Waals surface area contributed by atoms with Gasteiger partial charge in [0.25, 0.3) is 0 Å². The minimum absolute atomic E-state index is 0.0941. The number of nitrogens with one attached hydrogen (secondary N) is 1. The average molecular weight is 347 g/mol. The fourth-order valence-electron chi connectivity index (χ4n) is 2.81. The van der Waals surface area contributed by atoms with Crippen molar-refractivity contribution in [3.63, 3.8) is 0 Å². The molecule has 2 N–H and O–H groups in total. The SMILES string of the molecule is Cc1nc(C(C)(C)C)sc1C(C)NCC(CCO)c1ccccc1. The molecular formula is C20H30N2OS. The molecule has 0 fully saturated rings. The Morgan fingerprint density at radius 3 is 2.42 bits per heavy atom. The molecule has 1 aromatic heterocycles. The number of thiazole rings is 1. The summed E-state index contributed by atoms with van der Waals surface area (Å²) in [6, 6.07) is 10.7. The van der Waals surface area contributed by atoms with E-state index in [-0.39, 0.29) is 18.1 Å². The Morgan fingerprint density at radius 2 is 1.88 bits per heavy atom. The molecule has 0 bridgehead atoms. The standard InChI is InChI=1S/C20H30N2OS/c1-14(18-15(2)22-19(24-18)20(3,4)5)21-13-17(11-12-23)16-9-7-6-8-10-16/h6-10,14,17,21,23H,11-13H2,1-5H3. The fourth-order valence-corrected chi connectivity index (χ4v) is 3.96. The highest BCUT2D eigenvalue weighted by Crippen LogP contribution is 2.32. The van der Waals surface area contributed by atoms with E-state index in [9.17, 15) is 5.11 Å². The number of benzene rings is 1. The molecule has 2 unspecified atom stereocenters. The van der Waals surface area contributed by atoms with Crippen molar-refractivity contribution in [2.75, 3.05) is 13.2 Å². The normalized spacial score (nSPS) is 14.6. The molecule has 0 saturated heterocycles. The third-order valence-electron chi connectivity index (χ3n) is 4.29. The molecule has 1 aromatic carbocycles. The van der Waals surface area contributed by atoms with Crippen LogP contribution in [0.3, 0.4) is 0 Å². The smallest absolute Gasteiger partial charge is 0.0985 e. The Balaban J connectivity index is 2.06. The van der Waals surface area contributed by atoms with Crippen molar-refractivity contribution in [3.8, 4) is 0 Å². The lowest BCUT2D eigenvalue weighted by Crippen LogP contribution is -2.25. The van der Waals surface area contributed by atoms with Crippen molar-refractivity contribution < 1.29 is 5.11 Å². The number of hydrogen-bond donors (Lipinski definition) is 2. The molecule has 0 aliphatic heterocycles. The molecule has 0 aliphatic carbocycles. The summed E-state index contributed by atoms with van der Waals surface area (Å²) in [6.45, 7) is 12.0. The largest absolute Gasteiger partial charge is 0.396 e. The van der Waals surface area contributed by atoms with Gasteiger partial charge in [0.2, 0.25) is 0 Å². The Bertz CT molecular complexity index is 631. The summed E-state index contributed by atoms with van der Waals surface area (Å²) in [5, 5.41) is 14.2. The van der Waals surface area contributed by atoms with Crippen molar-refractivity contribution in [1.82, 2.24) is 10.3 Å². The Labute approximate surface area is 150 Å². The van der Waals surface area contributed by atoms with Crippen LogP contribution < -0.4 is 5.32 Å². The van der Waals surface area contributed by atoms with Crippen LogP contribution in [0.5, 0.6) is 0 Å². The van der Waals surface area contributed by atoms with Crippen LogP contribution in [0.15, 0.2) is 30.3 Å². The maximum Gasteiger partial charge on any atom is 0.0985 e. The molecule has 4 heteroatoms. The van der Waals surface area contributed by atoms with E-state index in [0.29, 0.717) is 5.92 Å². The summed E-state index contributed by atoms with van der Waals surface area (Å²) in [6.07, 6.45) is 0.776. The zero-order valence-electron chi connectivity index (χ0n) is 15.5. The Morgan fingerprint density at radius 1 is 1.21 bits per heavy atom. The van der Waals surface area contributed by atoms with Gasteiger partial charge in [0.15, 0.2) is 0 Å². The molecule has 24 heavy (non-hydrogen) atoms. The Hall–Kier alpha value is -1.23. The van der Waals surface area contributed by atoms with Gasteiger partial charge in [-0.1, -0.05) is 51.1 Å². The van der Waals surface area contributed by atoms with E-state index in [0.717, 1.165) is 18.7 Å². The van der Waals surface area contributed by atoms with E-state index in [1.165, 1.54) is 15.4 Å². The van der Waals surface area contributed by atoms with Gasteiger partial charge in [0, 0.05) is 29.5 Å². The minimum Gasteiger partial charge on any atom is -0.396 e. The second kappa shape index (κ2) is 8.24. The van der Waals surface area contributed by atoms with E-state index in [2.05, 4.69) is 64.2 Å². The van der Waals surface area contributed by atoms with Gasteiger partial charge in [-0.15, -0.1) is 11.3 Å². The van der Waals surface area contributed by atoms with E-state index in [4.69, 9.17) is 4.98 Å². The number of aliphatic hydroxyl groups excluding tert-OH is 1. The van der Waals surface area contributed by atoms with E-state index < -0.39 is 0 Å². The average Bonchev–Trinajstić information content (AvgIpc) is 2.94. The predicted octanol–water partition coefficient (Wildman–Crippen LogP) is 4.57. The highest BCUT2D eigenvalue weighted by Gasteiger charge is 2.22. The molecule has 3 nitrogen and oxygen atoms in total. The first-order valence-electron chi connectivity index (χ1n) is 8.70. The van der Waals surface area contributed by atoms with Crippen molar-refractivity contribution >= 4 is 11.3 Å². The lowest BCUT2D eigenvalue weighted by molar-refractivity contribution is 0.272. The van der Waals surface area contributed by atoms with Crippen LogP contribution in [0.4, 0.5) is 0 Å². The van der Waals surface area contributed by atoms with Crippen molar-refractivity contribution in [3.05, 3.63) is 51.5 Å². The zero-order chi connectivity index (χ0) is 17.7. The summed E-state index contributed by atoms with van der Waals surface area (Å²) in [7, 11) is 0. The second-order valence-corrected chi connectivity index (χ2v) is 8.50. The van der Waals surface area contributed by atoms with Crippen LogP contribution in [0.1, 0.15) is 67.2 Å². The van der Waals surface area contributed by atoms with E-state index in [1.807, 2.05) is 17.4 Å². The second-order valence-electron chi connectivity index (χ2n) is 7.47. The fraction of sp³-hybridized carbons (Fsp3) is 0.550. The molecule has 0 saturated carbocycles. The Kier molecular flexibility index (Phi) is 6.55. The van der Waals surface area contributed by atoms with Crippen LogP contribution in [0, 0.1) is 6.92 Å². The van der Waals surface area contributed by atoms with Crippen LogP contribution in [0.2, 0.25) is 0 Å². The van der Waals surface area contributed by atoms with E-state index in [1.54, 1.807) is 0 Å². The zero-order valence-corrected chi connectivity index (χ0v) is 16.3. The van der Waals surface area contributed by atoms with Gasteiger partial charge in [-0.3, -0.25) is 0 Å². The van der Waals surface area contributed by atoms with Gasteiger partial charge < -0.3 is 10.4 Å². The van der Waals surface area contributed by atoms with Gasteiger partial charge in [-0.05, 0) is 31.7 Å². The lowest BCUT2D eigenvalue weighted by Gasteiger charge is -2.20. The molecule has 0 spiro atoms. The molecule has 2 aromatic rings. The summed E-state index contributed by atoms with van der Waals surface area (Å²) in [4.78, 5) is 6.08. The first kappa shape index (κ1) is 19.1. The number of rotatable bonds is 7. The number of aliphatic hydroxyl groups is 1. The monoisotopic (exact) mass is 346 g/mol. The third-order valence-corrected chi connectivity index (χ3v) is 6.05. The van der Waals surface area contributed by atoms with E-state index >= 15 is 0 Å². The minimum atomic E-state index is 0.0941. The van der Waals surface area contributed by atoms with Crippen LogP contribution in [-0.2, 0) is 5.41 Å². The summed E-state index contributed by atoms with van der Waals surface area (Å²) in [5.74, 6) is 0.328. The maximum atomic E-state index is 9.38. The highest BCUT2D eigenvalue weighted by molar-refractivity contribution is 7.12. The van der Waals surface area contributed by atoms with Gasteiger partial charge in [-0.25, -0.2) is 4.98 Å². The summed E-state index contributed by atoms with van der Waals surface area (Å²) >= 11 is 1.81. The van der Waals surface area contributed by atoms with Crippen LogP contribution in [0.25, 0.3) is 0 Å². The number of aryl methyl sites for hydroxylation is 1. The predicted molar refractivity (Wildman–Crippen MR) is 103 cm³/mol. The quantitative estimate of drug-likeness (QED) is 0.772. The van der Waals surface area contributed by atoms with Gasteiger partial charge in [-0.2, -0.15) is 0 Å². The van der Waals surface area contributed by atoms with Crippen LogP contribution >= 0.6 is 11.3 Å². The van der Waals surface area contributed by atoms with Crippen molar-refractivity contribution in [2.24, 2.45) is 0 Å². The number of hydrogen-bond acceptors (Lipinski definition) is 4. The molecule has 2 atom stereocenters. The van der Waals surface area contributed by atoms with Gasteiger partial charge in [0.1, 0.15) is 0 Å². The van der Waals surface area contributed by atoms with Gasteiger partial charge in [0.05, 0.1) is 10.7 Å². The lowest BCUT2D eigenvalue weighted by atomic mass is 9.95. The summed E-state index contributed by atoms with van der Waals surface area (Å²) < 4.78 is 0. The van der Waals surface area contributed by atoms with Gasteiger partial charge >= 0.3 is 0 Å². The number of aromatic nitrogens is 1. The van der Waals surface area contributed by atoms with Crippen molar-refractivity contribution in [2.45, 2.75) is 58.4 Å². The molecule has 0 radical (unpaired) electrons. The molecule has 132 valence electrons. The molecule has 0 aliphatic rings. The highest BCUT2D eigenvalue weighted by atomic mass is 32.1. The van der Waals surface area contributed by atoms with Crippen LogP contribution in [-0.4, -0.2) is 23.2 Å². The number of nitrogens with zero attached hydrogens (tertiary/aromatic N) is 1. The third kappa shape index (κ3) is 4.88. The molecule has 2 rings (SSSR count). The molecule has 0 amide bonds.